The van der Waals surface area contributed by atoms with E-state index in [1.807, 2.05) is 72.3 Å². The van der Waals surface area contributed by atoms with E-state index in [0.29, 0.717) is 6.61 Å². The Bertz CT molecular complexity index is 690. The Balaban J connectivity index is 1.81. The number of nitrogens with one attached hydrogen (secondary N) is 1. The first-order valence-corrected chi connectivity index (χ1v) is 6.95. The molecule has 1 heterocycles. The number of aromatic nitrogens is 2. The normalized spacial score (nSPS) is 10.3. The molecule has 0 atom stereocenters. The SMILES string of the molecule is CCOc1ccc(Nc2nccn2-c2ccccc2)cc1. The van der Waals surface area contributed by atoms with Gasteiger partial charge in [0.15, 0.2) is 0 Å². The lowest BCUT2D eigenvalue weighted by molar-refractivity contribution is 0.340. The number of benzene rings is 2. The van der Waals surface area contributed by atoms with E-state index in [-0.39, 0.29) is 0 Å². The van der Waals surface area contributed by atoms with Gasteiger partial charge in [-0.25, -0.2) is 4.98 Å². The van der Waals surface area contributed by atoms with Crippen molar-refractivity contribution in [1.29, 1.82) is 0 Å². The number of para-hydroxylation sites is 1. The number of rotatable bonds is 5. The molecule has 21 heavy (non-hydrogen) atoms. The minimum Gasteiger partial charge on any atom is -0.494 e. The predicted octanol–water partition coefficient (Wildman–Crippen LogP) is 4.01. The van der Waals surface area contributed by atoms with Crippen LogP contribution in [-0.2, 0) is 0 Å². The smallest absolute Gasteiger partial charge is 0.212 e. The molecule has 0 amide bonds. The van der Waals surface area contributed by atoms with Crippen LogP contribution in [0, 0.1) is 0 Å². The molecule has 2 aromatic carbocycles. The topological polar surface area (TPSA) is 39.1 Å². The van der Waals surface area contributed by atoms with Crippen molar-refractivity contribution in [2.75, 3.05) is 11.9 Å². The molecule has 0 unspecified atom stereocenters. The highest BCUT2D eigenvalue weighted by Gasteiger charge is 2.05. The molecular formula is C17H17N3O. The summed E-state index contributed by atoms with van der Waals surface area (Å²) in [5.41, 5.74) is 2.05. The molecule has 106 valence electrons. The van der Waals surface area contributed by atoms with Crippen LogP contribution in [0.1, 0.15) is 6.92 Å². The van der Waals surface area contributed by atoms with Crippen LogP contribution in [-0.4, -0.2) is 16.2 Å². The third kappa shape index (κ3) is 3.05. The summed E-state index contributed by atoms with van der Waals surface area (Å²) >= 11 is 0. The molecule has 0 saturated carbocycles. The van der Waals surface area contributed by atoms with E-state index in [9.17, 15) is 0 Å². The highest BCUT2D eigenvalue weighted by molar-refractivity contribution is 5.57. The van der Waals surface area contributed by atoms with Crippen molar-refractivity contribution in [3.63, 3.8) is 0 Å². The lowest BCUT2D eigenvalue weighted by Crippen LogP contribution is -2.01. The Labute approximate surface area is 124 Å². The number of nitrogens with zero attached hydrogens (tertiary/aromatic N) is 2. The van der Waals surface area contributed by atoms with Crippen LogP contribution in [0.5, 0.6) is 5.75 Å². The summed E-state index contributed by atoms with van der Waals surface area (Å²) in [7, 11) is 0. The average molecular weight is 279 g/mol. The van der Waals surface area contributed by atoms with Gasteiger partial charge in [0.05, 0.1) is 6.61 Å². The van der Waals surface area contributed by atoms with Gasteiger partial charge in [0.25, 0.3) is 0 Å². The zero-order chi connectivity index (χ0) is 14.5. The quantitative estimate of drug-likeness (QED) is 0.767. The van der Waals surface area contributed by atoms with E-state index in [1.54, 1.807) is 6.20 Å². The van der Waals surface area contributed by atoms with Gasteiger partial charge in [-0.2, -0.15) is 0 Å². The van der Waals surface area contributed by atoms with Crippen molar-refractivity contribution >= 4 is 11.6 Å². The van der Waals surface area contributed by atoms with Crippen LogP contribution in [0.25, 0.3) is 5.69 Å². The highest BCUT2D eigenvalue weighted by atomic mass is 16.5. The lowest BCUT2D eigenvalue weighted by Gasteiger charge is -2.10. The fraction of sp³-hybridized carbons (Fsp3) is 0.118. The molecule has 0 spiro atoms. The molecular weight excluding hydrogens is 262 g/mol. The number of anilines is 2. The number of hydrogen-bond donors (Lipinski definition) is 1. The van der Waals surface area contributed by atoms with Crippen LogP contribution >= 0.6 is 0 Å². The minimum absolute atomic E-state index is 0.672. The second-order valence-corrected chi connectivity index (χ2v) is 4.54. The van der Waals surface area contributed by atoms with Gasteiger partial charge in [-0.3, -0.25) is 4.57 Å². The third-order valence-electron chi connectivity index (χ3n) is 3.10. The number of hydrogen-bond acceptors (Lipinski definition) is 3. The molecule has 0 radical (unpaired) electrons. The Kier molecular flexibility index (Phi) is 3.87. The number of ether oxygens (including phenoxy) is 1. The molecule has 4 nitrogen and oxygen atoms in total. The summed E-state index contributed by atoms with van der Waals surface area (Å²) in [5, 5.41) is 3.32. The fourth-order valence-electron chi connectivity index (χ4n) is 2.12. The Morgan fingerprint density at radius 1 is 1.05 bits per heavy atom. The van der Waals surface area contributed by atoms with E-state index in [2.05, 4.69) is 10.3 Å². The molecule has 0 saturated heterocycles. The third-order valence-corrected chi connectivity index (χ3v) is 3.10. The molecule has 0 aliphatic heterocycles. The largest absolute Gasteiger partial charge is 0.494 e. The second-order valence-electron chi connectivity index (χ2n) is 4.54. The van der Waals surface area contributed by atoms with Gasteiger partial charge in [0.1, 0.15) is 5.75 Å². The molecule has 4 heteroatoms. The predicted molar refractivity (Wildman–Crippen MR) is 84.5 cm³/mol. The van der Waals surface area contributed by atoms with Crippen molar-refractivity contribution in [3.8, 4) is 11.4 Å². The van der Waals surface area contributed by atoms with E-state index >= 15 is 0 Å². The first-order valence-electron chi connectivity index (χ1n) is 6.95. The van der Waals surface area contributed by atoms with Gasteiger partial charge < -0.3 is 10.1 Å². The van der Waals surface area contributed by atoms with Crippen molar-refractivity contribution in [3.05, 3.63) is 67.0 Å². The maximum atomic E-state index is 5.44. The molecule has 0 aliphatic rings. The van der Waals surface area contributed by atoms with Crippen molar-refractivity contribution in [1.82, 2.24) is 9.55 Å². The molecule has 3 aromatic rings. The Morgan fingerprint density at radius 3 is 2.52 bits per heavy atom. The van der Waals surface area contributed by atoms with Crippen LogP contribution in [0.2, 0.25) is 0 Å². The van der Waals surface area contributed by atoms with Gasteiger partial charge in [-0.1, -0.05) is 18.2 Å². The summed E-state index contributed by atoms with van der Waals surface area (Å²) in [6.45, 7) is 2.65. The Hall–Kier alpha value is -2.75. The molecule has 3 rings (SSSR count). The van der Waals surface area contributed by atoms with Gasteiger partial charge in [0, 0.05) is 23.8 Å². The molecule has 0 bridgehead atoms. The van der Waals surface area contributed by atoms with Crippen LogP contribution in [0.15, 0.2) is 67.0 Å². The van der Waals surface area contributed by atoms with Gasteiger partial charge in [0.2, 0.25) is 5.95 Å². The highest BCUT2D eigenvalue weighted by Crippen LogP contribution is 2.21. The van der Waals surface area contributed by atoms with E-state index in [4.69, 9.17) is 4.74 Å². The van der Waals surface area contributed by atoms with Gasteiger partial charge in [-0.15, -0.1) is 0 Å². The molecule has 1 N–H and O–H groups in total. The molecule has 0 fully saturated rings. The van der Waals surface area contributed by atoms with Crippen molar-refractivity contribution in [2.45, 2.75) is 6.92 Å². The maximum Gasteiger partial charge on any atom is 0.212 e. The second kappa shape index (κ2) is 6.13. The van der Waals surface area contributed by atoms with E-state index in [1.165, 1.54) is 0 Å². The maximum absolute atomic E-state index is 5.44. The van der Waals surface area contributed by atoms with Gasteiger partial charge in [-0.05, 0) is 43.3 Å². The summed E-state index contributed by atoms with van der Waals surface area (Å²) in [5.74, 6) is 1.65. The fourth-order valence-corrected chi connectivity index (χ4v) is 2.12. The standard InChI is InChI=1S/C17H17N3O/c1-2-21-16-10-8-14(9-11-16)19-17-18-12-13-20(17)15-6-4-3-5-7-15/h3-13H,2H2,1H3,(H,18,19). The van der Waals surface area contributed by atoms with Crippen LogP contribution in [0.4, 0.5) is 11.6 Å². The zero-order valence-corrected chi connectivity index (χ0v) is 11.9. The van der Waals surface area contributed by atoms with Crippen LogP contribution < -0.4 is 10.1 Å². The summed E-state index contributed by atoms with van der Waals surface area (Å²) in [6, 6.07) is 18.0. The van der Waals surface area contributed by atoms with Crippen molar-refractivity contribution < 1.29 is 4.74 Å². The van der Waals surface area contributed by atoms with Crippen LogP contribution in [0.3, 0.4) is 0 Å². The Morgan fingerprint density at radius 2 is 1.81 bits per heavy atom. The minimum atomic E-state index is 0.672. The summed E-state index contributed by atoms with van der Waals surface area (Å²) in [4.78, 5) is 4.37. The van der Waals surface area contributed by atoms with E-state index in [0.717, 1.165) is 23.1 Å². The van der Waals surface area contributed by atoms with E-state index < -0.39 is 0 Å². The average Bonchev–Trinajstić information content (AvgIpc) is 2.98. The lowest BCUT2D eigenvalue weighted by atomic mass is 10.3. The molecule has 1 aromatic heterocycles. The number of imidazole rings is 1. The zero-order valence-electron chi connectivity index (χ0n) is 11.9. The first-order chi connectivity index (χ1) is 10.4. The monoisotopic (exact) mass is 279 g/mol. The van der Waals surface area contributed by atoms with Gasteiger partial charge >= 0.3 is 0 Å². The van der Waals surface area contributed by atoms with Crippen molar-refractivity contribution in [2.24, 2.45) is 0 Å². The summed E-state index contributed by atoms with van der Waals surface area (Å²) < 4.78 is 7.45. The molecule has 0 aliphatic carbocycles. The first kappa shape index (κ1) is 13.2. The summed E-state index contributed by atoms with van der Waals surface area (Å²) in [6.07, 6.45) is 3.72.